The minimum absolute atomic E-state index is 0.0482. The number of aromatic hydroxyl groups is 1. The van der Waals surface area contributed by atoms with Crippen LogP contribution >= 0.6 is 0 Å². The molecule has 32 heavy (non-hydrogen) atoms. The molecule has 0 saturated heterocycles. The van der Waals surface area contributed by atoms with Crippen molar-refractivity contribution < 1.29 is 43.9 Å². The molecule has 3 N–H and O–H groups in total. The molecule has 1 aromatic carbocycles. The molecular formula is C23H28O9. The molecule has 1 aromatic rings. The minimum Gasteiger partial charge on any atom is -0.508 e. The first-order chi connectivity index (χ1) is 14.9. The molecule has 0 spiro atoms. The number of aliphatic hydroxyl groups excluding tert-OH is 1. The van der Waals surface area contributed by atoms with Crippen molar-refractivity contribution in [1.82, 2.24) is 0 Å². The normalized spacial score (nSPS) is 24.5. The maximum atomic E-state index is 12.9. The van der Waals surface area contributed by atoms with Gasteiger partial charge in [0.05, 0.1) is 19.1 Å². The number of carbonyl (C=O) groups is 3. The van der Waals surface area contributed by atoms with E-state index in [0.717, 1.165) is 13.2 Å². The van der Waals surface area contributed by atoms with Crippen molar-refractivity contribution in [2.24, 2.45) is 11.8 Å². The van der Waals surface area contributed by atoms with E-state index in [1.54, 1.807) is 13.8 Å². The number of hydrogen-bond donors (Lipinski definition) is 3. The van der Waals surface area contributed by atoms with E-state index in [2.05, 4.69) is 0 Å². The molecule has 1 heterocycles. The monoisotopic (exact) mass is 448 g/mol. The van der Waals surface area contributed by atoms with Crippen LogP contribution in [0.2, 0.25) is 0 Å². The van der Waals surface area contributed by atoms with Crippen LogP contribution in [-0.4, -0.2) is 52.7 Å². The molecule has 2 atom stereocenters. The average molecular weight is 448 g/mol. The number of Topliss-reactive ketones (excluding diaryl/α,β-unsaturated/α-hetero) is 3. The predicted molar refractivity (Wildman–Crippen MR) is 112 cm³/mol. The Morgan fingerprint density at radius 3 is 2.31 bits per heavy atom. The molecule has 2 aliphatic rings. The molecule has 0 amide bonds. The van der Waals surface area contributed by atoms with Crippen molar-refractivity contribution in [3.8, 4) is 17.2 Å². The number of aliphatic hydroxyl groups is 2. The zero-order valence-corrected chi connectivity index (χ0v) is 18.9. The van der Waals surface area contributed by atoms with E-state index in [-0.39, 0.29) is 35.0 Å². The van der Waals surface area contributed by atoms with E-state index in [0.29, 0.717) is 0 Å². The van der Waals surface area contributed by atoms with Crippen LogP contribution in [-0.2, 0) is 19.9 Å². The molecule has 9 heteroatoms. The van der Waals surface area contributed by atoms with Gasteiger partial charge in [-0.3, -0.25) is 14.4 Å². The number of phenols is 1. The summed E-state index contributed by atoms with van der Waals surface area (Å²) in [5.74, 6) is -6.55. The van der Waals surface area contributed by atoms with Gasteiger partial charge < -0.3 is 29.5 Å². The van der Waals surface area contributed by atoms with Gasteiger partial charge in [-0.2, -0.15) is 0 Å². The van der Waals surface area contributed by atoms with E-state index in [1.165, 1.54) is 7.11 Å². The number of ketones is 3. The Morgan fingerprint density at radius 2 is 1.81 bits per heavy atom. The number of allylic oxidation sites excluding steroid dienone is 1. The van der Waals surface area contributed by atoms with Crippen LogP contribution in [0.1, 0.15) is 56.5 Å². The molecule has 1 aliphatic carbocycles. The van der Waals surface area contributed by atoms with Gasteiger partial charge >= 0.3 is 0 Å². The molecular weight excluding hydrogens is 420 g/mol. The molecule has 0 radical (unpaired) electrons. The first-order valence-electron chi connectivity index (χ1n) is 10.3. The lowest BCUT2D eigenvalue weighted by molar-refractivity contribution is -0.258. The van der Waals surface area contributed by atoms with Gasteiger partial charge in [0.25, 0.3) is 5.79 Å². The van der Waals surface area contributed by atoms with Crippen LogP contribution in [0.4, 0.5) is 0 Å². The molecule has 0 fully saturated rings. The topological polar surface area (TPSA) is 140 Å². The first-order valence-corrected chi connectivity index (χ1v) is 10.3. The summed E-state index contributed by atoms with van der Waals surface area (Å²) in [5.41, 5.74) is -3.54. The third-order valence-electron chi connectivity index (χ3n) is 5.85. The highest BCUT2D eigenvalue weighted by Gasteiger charge is 2.70. The van der Waals surface area contributed by atoms with Gasteiger partial charge in [-0.1, -0.05) is 27.7 Å². The second-order valence-corrected chi connectivity index (χ2v) is 8.81. The number of fused-ring (bicyclic) bond motifs is 3. The summed E-state index contributed by atoms with van der Waals surface area (Å²) in [4.78, 5) is 38.5. The summed E-state index contributed by atoms with van der Waals surface area (Å²) >= 11 is 0. The molecule has 0 aromatic heterocycles. The second-order valence-electron chi connectivity index (χ2n) is 8.81. The number of benzene rings is 1. The Labute approximate surface area is 185 Å². The fourth-order valence-corrected chi connectivity index (χ4v) is 4.28. The Kier molecular flexibility index (Phi) is 5.86. The lowest BCUT2D eigenvalue weighted by Crippen LogP contribution is -2.59. The number of hydrogen-bond acceptors (Lipinski definition) is 9. The molecule has 0 bridgehead atoms. The lowest BCUT2D eigenvalue weighted by atomic mass is 9.73. The van der Waals surface area contributed by atoms with Crippen molar-refractivity contribution in [1.29, 1.82) is 0 Å². The van der Waals surface area contributed by atoms with Gasteiger partial charge in [0.15, 0.2) is 23.1 Å². The van der Waals surface area contributed by atoms with Crippen LogP contribution in [0.15, 0.2) is 17.4 Å². The highest BCUT2D eigenvalue weighted by molar-refractivity contribution is 6.22. The summed E-state index contributed by atoms with van der Waals surface area (Å²) < 4.78 is 16.6. The summed E-state index contributed by atoms with van der Waals surface area (Å²) in [7, 11) is 2.42. The first kappa shape index (κ1) is 23.7. The van der Waals surface area contributed by atoms with Crippen molar-refractivity contribution in [3.63, 3.8) is 0 Å². The van der Waals surface area contributed by atoms with Crippen molar-refractivity contribution in [3.05, 3.63) is 28.5 Å². The van der Waals surface area contributed by atoms with Crippen molar-refractivity contribution >= 4 is 17.3 Å². The van der Waals surface area contributed by atoms with E-state index in [1.807, 2.05) is 13.8 Å². The van der Waals surface area contributed by atoms with Crippen molar-refractivity contribution in [2.75, 3.05) is 14.2 Å². The maximum Gasteiger partial charge on any atom is 0.258 e. The van der Waals surface area contributed by atoms with Crippen LogP contribution in [0, 0.1) is 11.8 Å². The van der Waals surface area contributed by atoms with Crippen LogP contribution in [0.3, 0.4) is 0 Å². The highest BCUT2D eigenvalue weighted by atomic mass is 16.7. The highest BCUT2D eigenvalue weighted by Crippen LogP contribution is 2.61. The minimum atomic E-state index is -2.54. The van der Waals surface area contributed by atoms with Crippen LogP contribution in [0.25, 0.3) is 0 Å². The average Bonchev–Trinajstić information content (AvgIpc) is 2.96. The van der Waals surface area contributed by atoms with Gasteiger partial charge in [0.2, 0.25) is 5.60 Å². The van der Waals surface area contributed by atoms with Gasteiger partial charge in [-0.15, -0.1) is 0 Å². The Morgan fingerprint density at radius 1 is 1.19 bits per heavy atom. The zero-order valence-electron chi connectivity index (χ0n) is 18.9. The molecule has 9 nitrogen and oxygen atoms in total. The fourth-order valence-electron chi connectivity index (χ4n) is 4.28. The molecule has 0 unspecified atom stereocenters. The van der Waals surface area contributed by atoms with Gasteiger partial charge in [0, 0.05) is 25.5 Å². The Hall–Kier alpha value is -2.91. The van der Waals surface area contributed by atoms with E-state index in [9.17, 15) is 29.7 Å². The second kappa shape index (κ2) is 7.90. The van der Waals surface area contributed by atoms with Gasteiger partial charge in [0.1, 0.15) is 28.4 Å². The number of phenolic OH excluding ortho intramolecular Hbond substituents is 1. The van der Waals surface area contributed by atoms with Crippen LogP contribution in [0.5, 0.6) is 17.2 Å². The number of rotatable bonds is 7. The summed E-state index contributed by atoms with van der Waals surface area (Å²) in [5, 5.41) is 33.6. The molecule has 3 rings (SSSR count). The molecule has 1 aliphatic heterocycles. The van der Waals surface area contributed by atoms with Crippen LogP contribution < -0.4 is 9.47 Å². The smallest absolute Gasteiger partial charge is 0.258 e. The third-order valence-corrected chi connectivity index (χ3v) is 5.85. The van der Waals surface area contributed by atoms with E-state index in [4.69, 9.17) is 14.2 Å². The molecule has 0 saturated carbocycles. The van der Waals surface area contributed by atoms with Gasteiger partial charge in [-0.25, -0.2) is 0 Å². The number of carbonyl (C=O) groups excluding carboxylic acids is 3. The fraction of sp³-hybridized carbons (Fsp3) is 0.522. The summed E-state index contributed by atoms with van der Waals surface area (Å²) in [6.45, 7) is 6.75. The predicted octanol–water partition coefficient (Wildman–Crippen LogP) is 2.56. The maximum absolute atomic E-state index is 12.9. The van der Waals surface area contributed by atoms with Gasteiger partial charge in [-0.05, 0) is 5.92 Å². The quantitative estimate of drug-likeness (QED) is 0.424. The summed E-state index contributed by atoms with van der Waals surface area (Å²) in [6.07, 6.45) is -0.555. The zero-order chi connectivity index (χ0) is 24.2. The summed E-state index contributed by atoms with van der Waals surface area (Å²) in [6, 6.07) is 1.12. The lowest BCUT2D eigenvalue weighted by Gasteiger charge is -2.42. The Balaban J connectivity index is 2.41. The van der Waals surface area contributed by atoms with E-state index >= 15 is 0 Å². The van der Waals surface area contributed by atoms with E-state index < -0.39 is 58.2 Å². The number of methoxy groups -OCH3 is 2. The molecule has 174 valence electrons. The third kappa shape index (κ3) is 3.10. The SMILES string of the molecule is COc1cc(O)c(C(=O)CC(C)C)c2c1[C@]1(O)C(O)=C(C(=O)C(C)C)C(=O)C[C@]1(OC)O2. The largest absolute Gasteiger partial charge is 0.508 e. The standard InChI is InChI=1S/C23H28O9/c1-10(2)7-12(24)16-13(25)8-15(30-5)18-20(16)32-22(31-6)9-14(26)17(19(27)11(3)4)21(28)23(18,22)29/h8,10-11,25,28-29H,7,9H2,1-6H3/t22-,23-/m0/s1. The number of ether oxygens (including phenoxy) is 3. The Bertz CT molecular complexity index is 1040. The van der Waals surface area contributed by atoms with Crippen molar-refractivity contribution in [2.45, 2.75) is 51.9 Å².